The van der Waals surface area contributed by atoms with Gasteiger partial charge in [0.2, 0.25) is 11.8 Å². The Labute approximate surface area is 156 Å². The minimum atomic E-state index is -0.150. The third-order valence-electron chi connectivity index (χ3n) is 4.20. The molecule has 0 saturated carbocycles. The number of carbonyl (C=O) groups excluding carboxylic acids is 2. The second kappa shape index (κ2) is 10.7. The molecule has 2 rings (SSSR count). The highest BCUT2D eigenvalue weighted by atomic mass is 16.2. The average molecular weight is 358 g/mol. The Bertz CT molecular complexity index is 593. The molecule has 0 unspecified atom stereocenters. The first-order valence-electron chi connectivity index (χ1n) is 9.25. The van der Waals surface area contributed by atoms with E-state index in [2.05, 4.69) is 44.7 Å². The van der Waals surface area contributed by atoms with Gasteiger partial charge in [0, 0.05) is 38.8 Å². The number of hydrogen-bond acceptors (Lipinski definition) is 4. The predicted octanol–water partition coefficient (Wildman–Crippen LogP) is 0.958. The van der Waals surface area contributed by atoms with Gasteiger partial charge in [-0.3, -0.25) is 19.4 Å². The molecule has 1 heterocycles. The molecular weight excluding hydrogens is 328 g/mol. The molecule has 1 aliphatic rings. The number of nitrogens with one attached hydrogen (secondary N) is 2. The summed E-state index contributed by atoms with van der Waals surface area (Å²) in [5.74, 6) is -0.246. The molecule has 1 saturated heterocycles. The van der Waals surface area contributed by atoms with Crippen LogP contribution in [0.25, 0.3) is 6.08 Å². The summed E-state index contributed by atoms with van der Waals surface area (Å²) in [4.78, 5) is 28.0. The first kappa shape index (κ1) is 20.1. The molecule has 2 N–H and O–H groups in total. The molecule has 0 atom stereocenters. The second-order valence-corrected chi connectivity index (χ2v) is 6.89. The zero-order chi connectivity index (χ0) is 18.8. The molecule has 0 bridgehead atoms. The van der Waals surface area contributed by atoms with Gasteiger partial charge in [-0.2, -0.15) is 0 Å². The van der Waals surface area contributed by atoms with Crippen LogP contribution in [0.2, 0.25) is 0 Å². The smallest absolute Gasteiger partial charge is 0.239 e. The number of hydrogen-bond donors (Lipinski definition) is 2. The first-order valence-corrected chi connectivity index (χ1v) is 9.25. The van der Waals surface area contributed by atoms with E-state index in [4.69, 9.17) is 0 Å². The Morgan fingerprint density at radius 2 is 1.69 bits per heavy atom. The van der Waals surface area contributed by atoms with Gasteiger partial charge in [-0.25, -0.2) is 0 Å². The number of carbonyl (C=O) groups is 2. The summed E-state index contributed by atoms with van der Waals surface area (Å²) in [6.45, 7) is 8.73. The van der Waals surface area contributed by atoms with Crippen LogP contribution < -0.4 is 10.6 Å². The van der Waals surface area contributed by atoms with E-state index in [0.717, 1.165) is 32.7 Å². The topological polar surface area (TPSA) is 64.7 Å². The molecule has 0 radical (unpaired) electrons. The molecule has 0 spiro atoms. The number of nitrogens with zero attached hydrogens (tertiary/aromatic N) is 2. The van der Waals surface area contributed by atoms with Crippen molar-refractivity contribution in [3.63, 3.8) is 0 Å². The van der Waals surface area contributed by atoms with Crippen LogP contribution in [0, 0.1) is 0 Å². The molecule has 1 aromatic carbocycles. The van der Waals surface area contributed by atoms with Crippen molar-refractivity contribution >= 4 is 17.9 Å². The zero-order valence-electron chi connectivity index (χ0n) is 15.8. The highest BCUT2D eigenvalue weighted by Gasteiger charge is 2.18. The number of rotatable bonds is 8. The summed E-state index contributed by atoms with van der Waals surface area (Å²) in [5.41, 5.74) is 1.21. The standard InChI is InChI=1S/C20H30N4O2/c1-17(2)22-19(25)15-21-20(26)16-24-13-11-23(12-14-24)10-6-9-18-7-4-3-5-8-18/h3-9,17H,10-16H2,1-2H3,(H,21,26)(H,22,25)/b9-6+. The van der Waals surface area contributed by atoms with E-state index in [9.17, 15) is 9.59 Å². The maximum atomic E-state index is 12.0. The van der Waals surface area contributed by atoms with E-state index < -0.39 is 0 Å². The largest absolute Gasteiger partial charge is 0.352 e. The molecule has 2 amide bonds. The van der Waals surface area contributed by atoms with E-state index in [1.807, 2.05) is 32.0 Å². The lowest BCUT2D eigenvalue weighted by molar-refractivity contribution is -0.127. The molecule has 0 aromatic heterocycles. The van der Waals surface area contributed by atoms with E-state index in [-0.39, 0.29) is 24.4 Å². The Morgan fingerprint density at radius 3 is 2.35 bits per heavy atom. The van der Waals surface area contributed by atoms with Crippen LogP contribution >= 0.6 is 0 Å². The molecule has 142 valence electrons. The van der Waals surface area contributed by atoms with Crippen LogP contribution in [0.15, 0.2) is 36.4 Å². The summed E-state index contributed by atoms with van der Waals surface area (Å²) in [5, 5.41) is 5.44. The van der Waals surface area contributed by atoms with Gasteiger partial charge in [0.1, 0.15) is 0 Å². The number of benzene rings is 1. The van der Waals surface area contributed by atoms with Gasteiger partial charge in [0.05, 0.1) is 13.1 Å². The molecule has 1 aliphatic heterocycles. The van der Waals surface area contributed by atoms with E-state index in [0.29, 0.717) is 6.54 Å². The third kappa shape index (κ3) is 7.80. The second-order valence-electron chi connectivity index (χ2n) is 6.89. The SMILES string of the molecule is CC(C)NC(=O)CNC(=O)CN1CCN(C/C=C/c2ccccc2)CC1. The van der Waals surface area contributed by atoms with E-state index in [1.165, 1.54) is 5.56 Å². The lowest BCUT2D eigenvalue weighted by Gasteiger charge is -2.33. The highest BCUT2D eigenvalue weighted by molar-refractivity contribution is 5.85. The van der Waals surface area contributed by atoms with Crippen molar-refractivity contribution < 1.29 is 9.59 Å². The molecule has 1 fully saturated rings. The van der Waals surface area contributed by atoms with Crippen LogP contribution in [0.1, 0.15) is 19.4 Å². The maximum absolute atomic E-state index is 12.0. The normalized spacial score (nSPS) is 16.1. The van der Waals surface area contributed by atoms with Crippen molar-refractivity contribution in [3.8, 4) is 0 Å². The molecule has 6 heteroatoms. The van der Waals surface area contributed by atoms with Gasteiger partial charge in [-0.1, -0.05) is 42.5 Å². The van der Waals surface area contributed by atoms with Crippen molar-refractivity contribution in [2.75, 3.05) is 45.8 Å². The van der Waals surface area contributed by atoms with Crippen LogP contribution in [-0.2, 0) is 9.59 Å². The van der Waals surface area contributed by atoms with E-state index in [1.54, 1.807) is 0 Å². The molecule has 0 aliphatic carbocycles. The summed E-state index contributed by atoms with van der Waals surface area (Å²) in [6.07, 6.45) is 4.33. The number of amides is 2. The molecular formula is C20H30N4O2. The fourth-order valence-electron chi connectivity index (χ4n) is 2.84. The van der Waals surface area contributed by atoms with E-state index >= 15 is 0 Å². The fraction of sp³-hybridized carbons (Fsp3) is 0.500. The van der Waals surface area contributed by atoms with Crippen molar-refractivity contribution in [3.05, 3.63) is 42.0 Å². The minimum absolute atomic E-state index is 0.0429. The Kier molecular flexibility index (Phi) is 8.31. The summed E-state index contributed by atoms with van der Waals surface area (Å²) < 4.78 is 0. The van der Waals surface area contributed by atoms with Crippen LogP contribution in [-0.4, -0.2) is 73.5 Å². The Balaban J connectivity index is 1.61. The van der Waals surface area contributed by atoms with Crippen molar-refractivity contribution in [2.24, 2.45) is 0 Å². The van der Waals surface area contributed by atoms with Crippen molar-refractivity contribution in [2.45, 2.75) is 19.9 Å². The van der Waals surface area contributed by atoms with Gasteiger partial charge in [-0.05, 0) is 19.4 Å². The highest BCUT2D eigenvalue weighted by Crippen LogP contribution is 2.04. The van der Waals surface area contributed by atoms with Crippen LogP contribution in [0.4, 0.5) is 0 Å². The van der Waals surface area contributed by atoms with Crippen molar-refractivity contribution in [1.29, 1.82) is 0 Å². The molecule has 1 aromatic rings. The maximum Gasteiger partial charge on any atom is 0.239 e. The summed E-state index contributed by atoms with van der Waals surface area (Å²) in [6, 6.07) is 10.4. The van der Waals surface area contributed by atoms with Gasteiger partial charge in [-0.15, -0.1) is 0 Å². The van der Waals surface area contributed by atoms with Gasteiger partial charge in [0.15, 0.2) is 0 Å². The van der Waals surface area contributed by atoms with Crippen LogP contribution in [0.3, 0.4) is 0 Å². The van der Waals surface area contributed by atoms with Crippen LogP contribution in [0.5, 0.6) is 0 Å². The van der Waals surface area contributed by atoms with Gasteiger partial charge < -0.3 is 10.6 Å². The third-order valence-corrected chi connectivity index (χ3v) is 4.20. The van der Waals surface area contributed by atoms with Gasteiger partial charge >= 0.3 is 0 Å². The Morgan fingerprint density at radius 1 is 1.04 bits per heavy atom. The fourth-order valence-corrected chi connectivity index (χ4v) is 2.84. The lowest BCUT2D eigenvalue weighted by Crippen LogP contribution is -2.50. The monoisotopic (exact) mass is 358 g/mol. The van der Waals surface area contributed by atoms with Gasteiger partial charge in [0.25, 0.3) is 0 Å². The summed E-state index contributed by atoms with van der Waals surface area (Å²) >= 11 is 0. The Hall–Kier alpha value is -2.18. The average Bonchev–Trinajstić information content (AvgIpc) is 2.62. The first-order chi connectivity index (χ1) is 12.5. The minimum Gasteiger partial charge on any atom is -0.352 e. The lowest BCUT2D eigenvalue weighted by atomic mass is 10.2. The summed E-state index contributed by atoms with van der Waals surface area (Å²) in [7, 11) is 0. The van der Waals surface area contributed by atoms with Crippen molar-refractivity contribution in [1.82, 2.24) is 20.4 Å². The molecule has 6 nitrogen and oxygen atoms in total. The predicted molar refractivity (Wildman–Crippen MR) is 105 cm³/mol. The molecule has 26 heavy (non-hydrogen) atoms. The zero-order valence-corrected chi connectivity index (χ0v) is 15.8. The number of piperazine rings is 1. The quantitative estimate of drug-likeness (QED) is 0.727.